The monoisotopic (exact) mass is 407 g/mol. The molecule has 1 aliphatic heterocycles. The van der Waals surface area contributed by atoms with Crippen molar-refractivity contribution in [3.05, 3.63) is 28.2 Å². The summed E-state index contributed by atoms with van der Waals surface area (Å²) in [6.45, 7) is 3.97. The Labute approximate surface area is 146 Å². The zero-order valence-electron chi connectivity index (χ0n) is 12.3. The highest BCUT2D eigenvalue weighted by atomic mass is 79.9. The van der Waals surface area contributed by atoms with Gasteiger partial charge in [0.2, 0.25) is 10.0 Å². The normalized spacial score (nSPS) is 18.0. The van der Waals surface area contributed by atoms with E-state index in [1.165, 1.54) is 6.07 Å². The number of sulfonamides is 1. The van der Waals surface area contributed by atoms with Crippen molar-refractivity contribution in [1.29, 1.82) is 5.26 Å². The first-order valence-corrected chi connectivity index (χ1v) is 9.15. The Morgan fingerprint density at radius 1 is 1.45 bits per heavy atom. The molecule has 1 aliphatic rings. The maximum absolute atomic E-state index is 12.9. The minimum Gasteiger partial charge on any atom is -0.315 e. The molecule has 1 atom stereocenters. The highest BCUT2D eigenvalue weighted by molar-refractivity contribution is 9.10. The minimum absolute atomic E-state index is 0. The molecule has 8 heteroatoms. The van der Waals surface area contributed by atoms with Crippen LogP contribution in [0, 0.1) is 11.3 Å². The van der Waals surface area contributed by atoms with Crippen molar-refractivity contribution in [3.8, 4) is 6.07 Å². The van der Waals surface area contributed by atoms with Gasteiger partial charge in [0.1, 0.15) is 0 Å². The first-order chi connectivity index (χ1) is 9.98. The number of hydrogen-bond acceptors (Lipinski definition) is 4. The number of nitriles is 1. The number of hydrogen-bond donors (Lipinski definition) is 1. The van der Waals surface area contributed by atoms with Gasteiger partial charge in [0.05, 0.1) is 16.5 Å². The van der Waals surface area contributed by atoms with Crippen LogP contribution in [0.4, 0.5) is 0 Å². The zero-order valence-corrected chi connectivity index (χ0v) is 15.5. The third kappa shape index (κ3) is 4.21. The number of rotatable bonds is 5. The third-order valence-electron chi connectivity index (χ3n) is 3.49. The van der Waals surface area contributed by atoms with Crippen molar-refractivity contribution in [3.63, 3.8) is 0 Å². The first-order valence-electron chi connectivity index (χ1n) is 6.92. The molecule has 1 saturated heterocycles. The summed E-state index contributed by atoms with van der Waals surface area (Å²) in [5, 5.41) is 12.2. The maximum Gasteiger partial charge on any atom is 0.243 e. The third-order valence-corrected chi connectivity index (χ3v) is 5.88. The number of halogens is 2. The molecule has 1 N–H and O–H groups in total. The van der Waals surface area contributed by atoms with Crippen molar-refractivity contribution >= 4 is 38.4 Å². The predicted octanol–water partition coefficient (Wildman–Crippen LogP) is 2.51. The molecule has 0 aromatic heterocycles. The van der Waals surface area contributed by atoms with Gasteiger partial charge in [-0.1, -0.05) is 22.9 Å². The summed E-state index contributed by atoms with van der Waals surface area (Å²) in [6, 6.07) is 6.58. The fourth-order valence-electron chi connectivity index (χ4n) is 2.52. The summed E-state index contributed by atoms with van der Waals surface area (Å²) >= 11 is 3.27. The van der Waals surface area contributed by atoms with Crippen LogP contribution in [0.25, 0.3) is 0 Å². The van der Waals surface area contributed by atoms with Gasteiger partial charge in [0.15, 0.2) is 0 Å². The van der Waals surface area contributed by atoms with E-state index in [2.05, 4.69) is 21.2 Å². The molecule has 0 aliphatic carbocycles. The topological polar surface area (TPSA) is 73.2 Å². The summed E-state index contributed by atoms with van der Waals surface area (Å²) in [5.74, 6) is 0. The van der Waals surface area contributed by atoms with Gasteiger partial charge >= 0.3 is 0 Å². The van der Waals surface area contributed by atoms with Gasteiger partial charge in [-0.2, -0.15) is 9.57 Å². The van der Waals surface area contributed by atoms with Crippen molar-refractivity contribution in [1.82, 2.24) is 9.62 Å². The van der Waals surface area contributed by atoms with Crippen molar-refractivity contribution in [2.24, 2.45) is 0 Å². The molecule has 22 heavy (non-hydrogen) atoms. The van der Waals surface area contributed by atoms with Gasteiger partial charge in [-0.05, 0) is 37.6 Å². The average Bonchev–Trinajstić information content (AvgIpc) is 2.97. The lowest BCUT2D eigenvalue weighted by Gasteiger charge is -2.27. The smallest absolute Gasteiger partial charge is 0.243 e. The first kappa shape index (κ1) is 19.4. The second kappa shape index (κ2) is 8.27. The molecule has 0 bridgehead atoms. The van der Waals surface area contributed by atoms with E-state index in [1.54, 1.807) is 16.4 Å². The summed E-state index contributed by atoms with van der Waals surface area (Å²) < 4.78 is 28.0. The SMILES string of the molecule is CCCN(C1CCNC1)S(=O)(=O)c1cc(Br)cc(C#N)c1.Cl. The van der Waals surface area contributed by atoms with Crippen LogP contribution >= 0.6 is 28.3 Å². The fraction of sp³-hybridized carbons (Fsp3) is 0.500. The Bertz CT molecular complexity index is 655. The molecule has 0 radical (unpaired) electrons. The van der Waals surface area contributed by atoms with Crippen LogP contribution in [-0.2, 0) is 10.0 Å². The molecule has 122 valence electrons. The Balaban J connectivity index is 0.00000242. The predicted molar refractivity (Wildman–Crippen MR) is 91.6 cm³/mol. The zero-order chi connectivity index (χ0) is 15.5. The van der Waals surface area contributed by atoms with E-state index >= 15 is 0 Å². The highest BCUT2D eigenvalue weighted by Crippen LogP contribution is 2.25. The van der Waals surface area contributed by atoms with Gasteiger partial charge in [-0.15, -0.1) is 12.4 Å². The highest BCUT2D eigenvalue weighted by Gasteiger charge is 2.32. The second-order valence-electron chi connectivity index (χ2n) is 5.05. The largest absolute Gasteiger partial charge is 0.315 e. The number of nitrogens with zero attached hydrogens (tertiary/aromatic N) is 2. The lowest BCUT2D eigenvalue weighted by Crippen LogP contribution is -2.42. The molecule has 1 aromatic carbocycles. The quantitative estimate of drug-likeness (QED) is 0.812. The van der Waals surface area contributed by atoms with Crippen molar-refractivity contribution in [2.75, 3.05) is 19.6 Å². The Kier molecular flexibility index (Phi) is 7.29. The molecule has 0 spiro atoms. The molecular formula is C14H19BrClN3O2S. The van der Waals surface area contributed by atoms with Crippen LogP contribution in [0.3, 0.4) is 0 Å². The fourth-order valence-corrected chi connectivity index (χ4v) is 4.98. The summed E-state index contributed by atoms with van der Waals surface area (Å²) in [6.07, 6.45) is 1.58. The van der Waals surface area contributed by atoms with E-state index in [-0.39, 0.29) is 23.3 Å². The summed E-state index contributed by atoms with van der Waals surface area (Å²) in [4.78, 5) is 0.175. The molecule has 2 rings (SSSR count). The molecular weight excluding hydrogens is 390 g/mol. The molecule has 0 amide bonds. The Morgan fingerprint density at radius 2 is 2.18 bits per heavy atom. The Morgan fingerprint density at radius 3 is 2.73 bits per heavy atom. The summed E-state index contributed by atoms with van der Waals surface area (Å²) in [7, 11) is -3.59. The molecule has 1 aromatic rings. The van der Waals surface area contributed by atoms with Gasteiger partial charge in [-0.3, -0.25) is 0 Å². The number of nitrogens with one attached hydrogen (secondary N) is 1. The van der Waals surface area contributed by atoms with Crippen LogP contribution in [0.5, 0.6) is 0 Å². The lowest BCUT2D eigenvalue weighted by molar-refractivity contribution is 0.335. The van der Waals surface area contributed by atoms with Crippen LogP contribution in [0.2, 0.25) is 0 Å². The lowest BCUT2D eigenvalue weighted by atomic mass is 10.2. The van der Waals surface area contributed by atoms with Crippen LogP contribution < -0.4 is 5.32 Å². The van der Waals surface area contributed by atoms with E-state index in [0.29, 0.717) is 23.1 Å². The van der Waals surface area contributed by atoms with Gasteiger partial charge in [0.25, 0.3) is 0 Å². The number of benzene rings is 1. The molecule has 5 nitrogen and oxygen atoms in total. The van der Waals surface area contributed by atoms with E-state index in [0.717, 1.165) is 19.4 Å². The van der Waals surface area contributed by atoms with Crippen LogP contribution in [0.15, 0.2) is 27.6 Å². The second-order valence-corrected chi connectivity index (χ2v) is 7.86. The van der Waals surface area contributed by atoms with Gasteiger partial charge in [-0.25, -0.2) is 8.42 Å². The van der Waals surface area contributed by atoms with Gasteiger partial charge in [0, 0.05) is 23.6 Å². The van der Waals surface area contributed by atoms with Crippen molar-refractivity contribution < 1.29 is 8.42 Å². The molecule has 1 heterocycles. The molecule has 1 fully saturated rings. The standard InChI is InChI=1S/C14H18BrN3O2S.ClH/c1-2-5-18(13-3-4-17-10-13)21(19,20)14-7-11(9-16)6-12(15)8-14;/h6-8,13,17H,2-5,10H2,1H3;1H. The van der Waals surface area contributed by atoms with E-state index < -0.39 is 10.0 Å². The van der Waals surface area contributed by atoms with E-state index in [1.807, 2.05) is 13.0 Å². The summed E-state index contributed by atoms with van der Waals surface area (Å²) in [5.41, 5.74) is 0.337. The maximum atomic E-state index is 12.9. The van der Waals surface area contributed by atoms with E-state index in [4.69, 9.17) is 5.26 Å². The average molecular weight is 409 g/mol. The minimum atomic E-state index is -3.59. The van der Waals surface area contributed by atoms with Crippen molar-refractivity contribution in [2.45, 2.75) is 30.7 Å². The van der Waals surface area contributed by atoms with Crippen LogP contribution in [0.1, 0.15) is 25.3 Å². The van der Waals surface area contributed by atoms with Gasteiger partial charge < -0.3 is 5.32 Å². The Hall–Kier alpha value is -0.650. The van der Waals surface area contributed by atoms with E-state index in [9.17, 15) is 8.42 Å². The molecule has 0 saturated carbocycles. The molecule has 1 unspecified atom stereocenters. The van der Waals surface area contributed by atoms with Crippen LogP contribution in [-0.4, -0.2) is 38.4 Å².